The van der Waals surface area contributed by atoms with Crippen molar-refractivity contribution < 1.29 is 82.7 Å². The molecule has 250 valence electrons. The summed E-state index contributed by atoms with van der Waals surface area (Å²) in [7, 11) is 1.09. The zero-order chi connectivity index (χ0) is 33.8. The van der Waals surface area contributed by atoms with Gasteiger partial charge in [0.05, 0.1) is 42.8 Å². The third kappa shape index (κ3) is 11.0. The van der Waals surface area contributed by atoms with Crippen LogP contribution >= 0.6 is 0 Å². The number of carbonyl (C=O) groups is 6. The lowest BCUT2D eigenvalue weighted by atomic mass is 9.89. The number of esters is 2. The highest BCUT2D eigenvalue weighted by molar-refractivity contribution is 5.93. The van der Waals surface area contributed by atoms with Crippen LogP contribution in [0.15, 0.2) is 36.5 Å². The number of nitrogens with two attached hydrogens (primary N) is 1. The molecule has 19 nitrogen and oxygen atoms in total. The summed E-state index contributed by atoms with van der Waals surface area (Å²) in [5, 5.41) is 54.9. The Balaban J connectivity index is 2.57. The predicted octanol–water partition coefficient (Wildman–Crippen LogP) is -7.36. The number of aliphatic carboxylic acids is 3. The van der Waals surface area contributed by atoms with Crippen LogP contribution in [0.1, 0.15) is 6.92 Å². The number of carboxylic acid groups (broad SMARTS) is 3. The van der Waals surface area contributed by atoms with Gasteiger partial charge >= 0.3 is 11.9 Å². The molecule has 0 radical (unpaired) electrons. The summed E-state index contributed by atoms with van der Waals surface area (Å²) in [6.07, 6.45) is -7.80. The van der Waals surface area contributed by atoms with E-state index >= 15 is 0 Å². The van der Waals surface area contributed by atoms with Crippen molar-refractivity contribution in [2.45, 2.75) is 62.1 Å². The molecule has 2 rings (SSSR count). The Morgan fingerprint density at radius 1 is 0.844 bits per heavy atom. The summed E-state index contributed by atoms with van der Waals surface area (Å²) >= 11 is 0. The summed E-state index contributed by atoms with van der Waals surface area (Å²) in [6, 6.07) is -2.87. The van der Waals surface area contributed by atoms with Crippen LogP contribution in [0.25, 0.3) is 0 Å². The van der Waals surface area contributed by atoms with Crippen molar-refractivity contribution in [2.75, 3.05) is 20.3 Å². The topological polar surface area (TPSA) is 305 Å². The van der Waals surface area contributed by atoms with Gasteiger partial charge in [0, 0.05) is 31.3 Å². The van der Waals surface area contributed by atoms with Gasteiger partial charge in [-0.1, -0.05) is 6.92 Å². The first-order valence-electron chi connectivity index (χ1n) is 13.1. The Labute approximate surface area is 254 Å². The normalized spacial score (nSPS) is 31.9. The van der Waals surface area contributed by atoms with Crippen molar-refractivity contribution in [3.8, 4) is 0 Å². The van der Waals surface area contributed by atoms with Gasteiger partial charge in [0.25, 0.3) is 0 Å². The molecule has 0 aromatic rings. The molecule has 45 heavy (non-hydrogen) atoms. The number of carboxylic acids is 3. The number of carbonyl (C=O) groups excluding carboxylic acids is 6. The predicted molar refractivity (Wildman–Crippen MR) is 135 cm³/mol. The van der Waals surface area contributed by atoms with Crippen LogP contribution in [0.2, 0.25) is 0 Å². The summed E-state index contributed by atoms with van der Waals surface area (Å²) < 4.78 is 33.1. The Bertz CT molecular complexity index is 1180. The minimum absolute atomic E-state index is 0.328. The lowest BCUT2D eigenvalue weighted by Gasteiger charge is -2.48. The van der Waals surface area contributed by atoms with Crippen molar-refractivity contribution in [3.05, 3.63) is 36.5 Å². The number of methoxy groups -OCH3 is 1. The molecule has 1 amide bonds. The molecule has 2 fully saturated rings. The van der Waals surface area contributed by atoms with E-state index in [-0.39, 0.29) is 0 Å². The molecule has 2 heterocycles. The molecule has 10 unspecified atom stereocenters. The van der Waals surface area contributed by atoms with Crippen LogP contribution in [0, 0.1) is 5.92 Å². The number of ether oxygens (including phenoxy) is 6. The molecule has 2 aliphatic heterocycles. The van der Waals surface area contributed by atoms with Gasteiger partial charge in [-0.25, -0.2) is 9.59 Å². The SMILES string of the molecule is COC1OC(COC(=O)/C=C/C(=O)[O-])C(OC2OC(CO)C(C)C(O)C2N)C(OC(=O)/C=C/C(=O)[O-])C1NC(=O)/C=C/C(=O)[O-]. The lowest BCUT2D eigenvalue weighted by molar-refractivity contribution is -0.324. The van der Waals surface area contributed by atoms with Crippen molar-refractivity contribution >= 4 is 35.8 Å². The van der Waals surface area contributed by atoms with Crippen LogP contribution in [0.5, 0.6) is 0 Å². The van der Waals surface area contributed by atoms with Gasteiger partial charge in [-0.05, 0) is 18.2 Å². The maximum atomic E-state index is 12.6. The maximum absolute atomic E-state index is 12.6. The lowest BCUT2D eigenvalue weighted by Crippen LogP contribution is -2.68. The molecule has 0 aromatic carbocycles. The molecule has 0 aliphatic carbocycles. The number of nitrogens with one attached hydrogen (secondary N) is 1. The fourth-order valence-electron chi connectivity index (χ4n) is 4.32. The van der Waals surface area contributed by atoms with E-state index in [1.807, 2.05) is 0 Å². The summed E-state index contributed by atoms with van der Waals surface area (Å²) in [6.45, 7) is 0.190. The minimum Gasteiger partial charge on any atom is -0.545 e. The second-order valence-corrected chi connectivity index (χ2v) is 9.55. The fraction of sp³-hybridized carbons (Fsp3) is 0.538. The molecule has 0 spiro atoms. The molecule has 5 N–H and O–H groups in total. The Morgan fingerprint density at radius 3 is 1.96 bits per heavy atom. The standard InChI is InChI=1S/C26H34N2O17/c1-11-12(9-29)42-25(20(27)22(11)39)45-23-13(10-41-18(37)7-5-16(33)34)43-26(40-2)21(28-14(30)3-4-15(31)32)24(23)44-19(38)8-6-17(35)36/h3-8,11-13,20-26,29,39H,9-10,27H2,1-2H3,(H,28,30)(H,31,32)(H,33,34)(H,35,36)/p-3/b4-3+,7-5+,8-6+. The zero-order valence-electron chi connectivity index (χ0n) is 23.7. The van der Waals surface area contributed by atoms with E-state index in [1.165, 1.54) is 6.92 Å². The van der Waals surface area contributed by atoms with E-state index in [2.05, 4.69) is 5.32 Å². The van der Waals surface area contributed by atoms with Gasteiger partial charge < -0.3 is 79.4 Å². The monoisotopic (exact) mass is 643 g/mol. The highest BCUT2D eigenvalue weighted by atomic mass is 16.7. The van der Waals surface area contributed by atoms with E-state index in [0.29, 0.717) is 36.5 Å². The smallest absolute Gasteiger partial charge is 0.331 e. The highest BCUT2D eigenvalue weighted by Crippen LogP contribution is 2.32. The average Bonchev–Trinajstić information content (AvgIpc) is 2.98. The molecular formula is C26H31N2O17-3. The van der Waals surface area contributed by atoms with Crippen LogP contribution in [0.4, 0.5) is 0 Å². The van der Waals surface area contributed by atoms with E-state index in [1.54, 1.807) is 0 Å². The van der Waals surface area contributed by atoms with Gasteiger partial charge in [-0.2, -0.15) is 0 Å². The quantitative estimate of drug-likeness (QED) is 0.101. The van der Waals surface area contributed by atoms with Crippen LogP contribution < -0.4 is 26.4 Å². The van der Waals surface area contributed by atoms with E-state index in [4.69, 9.17) is 34.2 Å². The Hall–Kier alpha value is -4.24. The van der Waals surface area contributed by atoms with Gasteiger partial charge in [0.2, 0.25) is 5.91 Å². The summed E-state index contributed by atoms with van der Waals surface area (Å²) in [5.41, 5.74) is 6.11. The number of hydrogen-bond acceptors (Lipinski definition) is 18. The number of aliphatic hydroxyl groups is 2. The molecular weight excluding hydrogens is 612 g/mol. The second kappa shape index (κ2) is 17.3. The molecule has 0 aromatic heterocycles. The average molecular weight is 644 g/mol. The third-order valence-electron chi connectivity index (χ3n) is 6.53. The number of amides is 1. The largest absolute Gasteiger partial charge is 0.545 e. The van der Waals surface area contributed by atoms with Crippen LogP contribution in [-0.4, -0.2) is 121 Å². The molecule has 10 atom stereocenters. The zero-order valence-corrected chi connectivity index (χ0v) is 23.7. The Morgan fingerprint density at radius 2 is 1.40 bits per heavy atom. The molecule has 19 heteroatoms. The first-order chi connectivity index (χ1) is 21.2. The summed E-state index contributed by atoms with van der Waals surface area (Å²) in [5.74, 6) is -9.50. The fourth-order valence-corrected chi connectivity index (χ4v) is 4.32. The van der Waals surface area contributed by atoms with Crippen molar-refractivity contribution in [1.82, 2.24) is 5.32 Å². The minimum atomic E-state index is -1.77. The highest BCUT2D eigenvalue weighted by Gasteiger charge is 2.53. The van der Waals surface area contributed by atoms with E-state index < -0.39 is 110 Å². The molecule has 2 saturated heterocycles. The second-order valence-electron chi connectivity index (χ2n) is 9.55. The van der Waals surface area contributed by atoms with Crippen LogP contribution in [0.3, 0.4) is 0 Å². The number of hydrogen-bond donors (Lipinski definition) is 4. The molecule has 0 saturated carbocycles. The number of aliphatic hydroxyl groups excluding tert-OH is 2. The first kappa shape index (κ1) is 36.9. The van der Waals surface area contributed by atoms with Crippen molar-refractivity contribution in [2.24, 2.45) is 11.7 Å². The first-order valence-corrected chi connectivity index (χ1v) is 13.1. The van der Waals surface area contributed by atoms with Crippen LogP contribution in [-0.2, 0) is 57.2 Å². The summed E-state index contributed by atoms with van der Waals surface area (Å²) in [4.78, 5) is 69.6. The van der Waals surface area contributed by atoms with Gasteiger partial charge in [0.1, 0.15) is 24.9 Å². The van der Waals surface area contributed by atoms with Crippen molar-refractivity contribution in [3.63, 3.8) is 0 Å². The van der Waals surface area contributed by atoms with Gasteiger partial charge in [-0.15, -0.1) is 0 Å². The Kier molecular flexibility index (Phi) is 14.2. The molecule has 0 bridgehead atoms. The number of rotatable bonds is 14. The van der Waals surface area contributed by atoms with Gasteiger partial charge in [-0.3, -0.25) is 4.79 Å². The third-order valence-corrected chi connectivity index (χ3v) is 6.53. The van der Waals surface area contributed by atoms with E-state index in [9.17, 15) is 54.3 Å². The maximum Gasteiger partial charge on any atom is 0.331 e. The van der Waals surface area contributed by atoms with Gasteiger partial charge in [0.15, 0.2) is 18.7 Å². The molecule has 2 aliphatic rings. The van der Waals surface area contributed by atoms with E-state index in [0.717, 1.165) is 7.11 Å². The van der Waals surface area contributed by atoms with Crippen molar-refractivity contribution in [1.29, 1.82) is 0 Å².